The molecule has 1 aromatic heterocycles. The normalized spacial score (nSPS) is 12.4. The first-order chi connectivity index (χ1) is 9.01. The number of aromatic amines is 1. The van der Waals surface area contributed by atoms with Crippen LogP contribution in [0.2, 0.25) is 0 Å². The summed E-state index contributed by atoms with van der Waals surface area (Å²) in [5.41, 5.74) is -0.0757. The predicted molar refractivity (Wildman–Crippen MR) is 68.5 cm³/mol. The molecule has 100 valence electrons. The van der Waals surface area contributed by atoms with Crippen LogP contribution in [0.25, 0.3) is 10.9 Å². The Hall–Kier alpha value is -2.21. The molecular formula is C13H13FN2O3. The first-order valence-electron chi connectivity index (χ1n) is 5.75. The Kier molecular flexibility index (Phi) is 3.62. The summed E-state index contributed by atoms with van der Waals surface area (Å²) in [6.45, 7) is 1.43. The molecule has 0 aliphatic rings. The molecule has 0 aliphatic heterocycles. The van der Waals surface area contributed by atoms with Crippen LogP contribution in [-0.2, 0) is 0 Å². The van der Waals surface area contributed by atoms with Gasteiger partial charge in [0.2, 0.25) is 5.56 Å². The van der Waals surface area contributed by atoms with Crippen molar-refractivity contribution >= 4 is 16.8 Å². The van der Waals surface area contributed by atoms with Crippen molar-refractivity contribution in [1.82, 2.24) is 10.3 Å². The summed E-state index contributed by atoms with van der Waals surface area (Å²) < 4.78 is 13.1. The van der Waals surface area contributed by atoms with Gasteiger partial charge in [0.25, 0.3) is 5.91 Å². The minimum atomic E-state index is -0.496. The first kappa shape index (κ1) is 13.2. The van der Waals surface area contributed by atoms with Crippen molar-refractivity contribution in [3.05, 3.63) is 46.0 Å². The van der Waals surface area contributed by atoms with Gasteiger partial charge in [-0.3, -0.25) is 9.59 Å². The molecule has 0 fully saturated rings. The van der Waals surface area contributed by atoms with E-state index in [1.54, 1.807) is 6.92 Å². The average Bonchev–Trinajstić information content (AvgIpc) is 2.36. The van der Waals surface area contributed by atoms with Crippen molar-refractivity contribution in [1.29, 1.82) is 0 Å². The molecule has 0 bridgehead atoms. The molecule has 1 atom stereocenters. The highest BCUT2D eigenvalue weighted by Gasteiger charge is 2.14. The van der Waals surface area contributed by atoms with Crippen LogP contribution >= 0.6 is 0 Å². The minimum Gasteiger partial charge on any atom is -0.394 e. The van der Waals surface area contributed by atoms with Crippen molar-refractivity contribution < 1.29 is 14.3 Å². The summed E-state index contributed by atoms with van der Waals surface area (Å²) >= 11 is 0. The zero-order valence-electron chi connectivity index (χ0n) is 10.2. The number of pyridine rings is 1. The third-order valence-electron chi connectivity index (χ3n) is 2.70. The zero-order valence-corrected chi connectivity index (χ0v) is 10.2. The highest BCUT2D eigenvalue weighted by molar-refractivity contribution is 6.06. The molecule has 0 saturated carbocycles. The van der Waals surface area contributed by atoms with E-state index in [1.165, 1.54) is 12.1 Å². The van der Waals surface area contributed by atoms with Crippen molar-refractivity contribution in [2.75, 3.05) is 6.61 Å². The van der Waals surface area contributed by atoms with Crippen LogP contribution in [0, 0.1) is 5.82 Å². The molecule has 3 N–H and O–H groups in total. The van der Waals surface area contributed by atoms with E-state index < -0.39 is 23.3 Å². The molecule has 5 nitrogen and oxygen atoms in total. The van der Waals surface area contributed by atoms with Gasteiger partial charge < -0.3 is 15.4 Å². The molecule has 0 aliphatic carbocycles. The topological polar surface area (TPSA) is 82.2 Å². The third-order valence-corrected chi connectivity index (χ3v) is 2.70. The fourth-order valence-corrected chi connectivity index (χ4v) is 1.77. The molecule has 1 amide bonds. The van der Waals surface area contributed by atoms with Crippen LogP contribution in [-0.4, -0.2) is 28.6 Å². The summed E-state index contributed by atoms with van der Waals surface area (Å²) in [7, 11) is 0. The number of aliphatic hydroxyl groups is 1. The number of carbonyl (C=O) groups is 1. The van der Waals surface area contributed by atoms with Gasteiger partial charge in [-0.2, -0.15) is 0 Å². The van der Waals surface area contributed by atoms with Crippen LogP contribution in [0.3, 0.4) is 0 Å². The van der Waals surface area contributed by atoms with Gasteiger partial charge in [0, 0.05) is 17.5 Å². The summed E-state index contributed by atoms with van der Waals surface area (Å²) in [5, 5.41) is 11.9. The van der Waals surface area contributed by atoms with E-state index in [1.807, 2.05) is 0 Å². The molecule has 1 aromatic carbocycles. The molecule has 6 heteroatoms. The first-order valence-corrected chi connectivity index (χ1v) is 5.75. The number of nitrogens with one attached hydrogen (secondary N) is 2. The summed E-state index contributed by atoms with van der Waals surface area (Å²) in [6, 6.07) is 4.52. The minimum absolute atomic E-state index is 0.152. The number of hydrogen-bond donors (Lipinski definition) is 3. The molecule has 19 heavy (non-hydrogen) atoms. The van der Waals surface area contributed by atoms with E-state index in [9.17, 15) is 14.0 Å². The lowest BCUT2D eigenvalue weighted by Gasteiger charge is -2.12. The van der Waals surface area contributed by atoms with Crippen molar-refractivity contribution in [3.8, 4) is 0 Å². The monoisotopic (exact) mass is 264 g/mol. The van der Waals surface area contributed by atoms with Crippen molar-refractivity contribution in [2.24, 2.45) is 0 Å². The second-order valence-electron chi connectivity index (χ2n) is 4.29. The second kappa shape index (κ2) is 5.19. The number of halogens is 1. The Bertz CT molecular complexity index is 681. The Morgan fingerprint density at radius 2 is 2.21 bits per heavy atom. The Morgan fingerprint density at radius 3 is 2.89 bits per heavy atom. The average molecular weight is 264 g/mol. The summed E-state index contributed by atoms with van der Waals surface area (Å²) in [4.78, 5) is 25.9. The van der Waals surface area contributed by atoms with E-state index >= 15 is 0 Å². The van der Waals surface area contributed by atoms with Gasteiger partial charge in [0.15, 0.2) is 0 Å². The van der Waals surface area contributed by atoms with E-state index in [0.29, 0.717) is 5.39 Å². The molecule has 0 spiro atoms. The highest BCUT2D eigenvalue weighted by Crippen LogP contribution is 2.16. The van der Waals surface area contributed by atoms with Crippen LogP contribution in [0.15, 0.2) is 29.1 Å². The molecule has 1 heterocycles. The van der Waals surface area contributed by atoms with Crippen LogP contribution in [0.1, 0.15) is 17.3 Å². The maximum atomic E-state index is 13.1. The SMILES string of the molecule is CC(CO)NC(=O)c1cc(=O)[nH]c2cc(F)ccc12. The lowest BCUT2D eigenvalue weighted by Crippen LogP contribution is -2.35. The maximum Gasteiger partial charge on any atom is 0.252 e. The van der Waals surface area contributed by atoms with Gasteiger partial charge in [0.1, 0.15) is 5.82 Å². The number of amides is 1. The molecule has 2 rings (SSSR count). The van der Waals surface area contributed by atoms with Crippen molar-refractivity contribution in [3.63, 3.8) is 0 Å². The van der Waals surface area contributed by atoms with Crippen LogP contribution in [0.4, 0.5) is 4.39 Å². The maximum absolute atomic E-state index is 13.1. The Labute approximate surface area is 108 Å². The standard InChI is InChI=1S/C13H13FN2O3/c1-7(6-17)15-13(19)10-5-12(18)16-11-4-8(14)2-3-9(10)11/h2-5,7,17H,6H2,1H3,(H,15,19)(H,16,18). The summed E-state index contributed by atoms with van der Waals surface area (Å²) in [5.74, 6) is -0.978. The number of aliphatic hydroxyl groups excluding tert-OH is 1. The molecule has 0 saturated heterocycles. The van der Waals surface area contributed by atoms with E-state index in [-0.39, 0.29) is 17.7 Å². The van der Waals surface area contributed by atoms with E-state index in [4.69, 9.17) is 5.11 Å². The quantitative estimate of drug-likeness (QED) is 0.766. The molecule has 1 unspecified atom stereocenters. The van der Waals surface area contributed by atoms with Gasteiger partial charge in [-0.25, -0.2) is 4.39 Å². The molecule has 2 aromatic rings. The van der Waals surface area contributed by atoms with E-state index in [0.717, 1.165) is 12.1 Å². The van der Waals surface area contributed by atoms with Crippen molar-refractivity contribution in [2.45, 2.75) is 13.0 Å². The number of fused-ring (bicyclic) bond motifs is 1. The van der Waals surface area contributed by atoms with Gasteiger partial charge in [0.05, 0.1) is 17.7 Å². The predicted octanol–water partition coefficient (Wildman–Crippen LogP) is 0.778. The number of hydrogen-bond acceptors (Lipinski definition) is 3. The Balaban J connectivity index is 2.53. The lowest BCUT2D eigenvalue weighted by molar-refractivity contribution is 0.0924. The zero-order chi connectivity index (χ0) is 14.0. The van der Waals surface area contributed by atoms with Gasteiger partial charge in [-0.1, -0.05) is 0 Å². The van der Waals surface area contributed by atoms with Gasteiger partial charge >= 0.3 is 0 Å². The molecule has 0 radical (unpaired) electrons. The number of rotatable bonds is 3. The largest absolute Gasteiger partial charge is 0.394 e. The number of aromatic nitrogens is 1. The summed E-state index contributed by atoms with van der Waals surface area (Å²) in [6.07, 6.45) is 0. The van der Waals surface area contributed by atoms with Gasteiger partial charge in [-0.15, -0.1) is 0 Å². The number of carbonyl (C=O) groups excluding carboxylic acids is 1. The lowest BCUT2D eigenvalue weighted by atomic mass is 10.1. The van der Waals surface area contributed by atoms with E-state index in [2.05, 4.69) is 10.3 Å². The molecular weight excluding hydrogens is 251 g/mol. The fraction of sp³-hybridized carbons (Fsp3) is 0.231. The smallest absolute Gasteiger partial charge is 0.252 e. The fourth-order valence-electron chi connectivity index (χ4n) is 1.77. The van der Waals surface area contributed by atoms with Gasteiger partial charge in [-0.05, 0) is 25.1 Å². The Morgan fingerprint density at radius 1 is 1.47 bits per heavy atom. The number of H-pyrrole nitrogens is 1. The van der Waals surface area contributed by atoms with Crippen LogP contribution < -0.4 is 10.9 Å². The second-order valence-corrected chi connectivity index (χ2v) is 4.29. The number of benzene rings is 1. The van der Waals surface area contributed by atoms with Crippen LogP contribution in [0.5, 0.6) is 0 Å². The third kappa shape index (κ3) is 2.79. The highest BCUT2D eigenvalue weighted by atomic mass is 19.1.